The van der Waals surface area contributed by atoms with Gasteiger partial charge in [-0.25, -0.2) is 0 Å². The highest BCUT2D eigenvalue weighted by molar-refractivity contribution is 4.90. The second-order valence-electron chi connectivity index (χ2n) is 5.83. The van der Waals surface area contributed by atoms with Crippen molar-refractivity contribution in [3.8, 4) is 0 Å². The molecule has 1 spiro atoms. The Hall–Kier alpha value is -0.940. The van der Waals surface area contributed by atoms with Crippen LogP contribution in [0.5, 0.6) is 0 Å². The Kier molecular flexibility index (Phi) is 3.61. The van der Waals surface area contributed by atoms with Gasteiger partial charge in [-0.3, -0.25) is 0 Å². The summed E-state index contributed by atoms with van der Waals surface area (Å²) in [6.07, 6.45) is 9.13. The zero-order valence-corrected chi connectivity index (χ0v) is 11.0. The van der Waals surface area contributed by atoms with Crippen molar-refractivity contribution in [2.24, 2.45) is 5.41 Å². The lowest BCUT2D eigenvalue weighted by Gasteiger charge is -2.45. The molecule has 5 nitrogen and oxygen atoms in total. The van der Waals surface area contributed by atoms with Crippen LogP contribution in [0.4, 0.5) is 0 Å². The largest absolute Gasteiger partial charge is 0.319 e. The zero-order valence-electron chi connectivity index (χ0n) is 11.0. The predicted molar refractivity (Wildman–Crippen MR) is 70.2 cm³/mol. The van der Waals surface area contributed by atoms with Crippen LogP contribution in [0, 0.1) is 5.41 Å². The van der Waals surface area contributed by atoms with Crippen molar-refractivity contribution in [2.75, 3.05) is 32.7 Å². The van der Waals surface area contributed by atoms with Gasteiger partial charge in [0.2, 0.25) is 0 Å². The van der Waals surface area contributed by atoms with Crippen molar-refractivity contribution >= 4 is 0 Å². The maximum absolute atomic E-state index is 3.86. The maximum atomic E-state index is 3.86. The fourth-order valence-corrected chi connectivity index (χ4v) is 3.46. The summed E-state index contributed by atoms with van der Waals surface area (Å²) in [6, 6.07) is 0. The van der Waals surface area contributed by atoms with E-state index in [1.54, 1.807) is 0 Å². The number of nitrogens with one attached hydrogen (secondary N) is 1. The molecule has 2 aliphatic rings. The minimum absolute atomic E-state index is 0.608. The first-order valence-corrected chi connectivity index (χ1v) is 7.12. The molecule has 0 bridgehead atoms. The lowest BCUT2D eigenvalue weighted by molar-refractivity contribution is 0.0576. The van der Waals surface area contributed by atoms with Crippen molar-refractivity contribution in [2.45, 2.75) is 32.2 Å². The summed E-state index contributed by atoms with van der Waals surface area (Å²) in [7, 11) is 0. The van der Waals surface area contributed by atoms with Gasteiger partial charge in [0.15, 0.2) is 0 Å². The molecular weight excluding hydrogens is 226 g/mol. The molecule has 3 rings (SSSR count). The van der Waals surface area contributed by atoms with Gasteiger partial charge in [0.05, 0.1) is 0 Å². The third kappa shape index (κ3) is 2.72. The molecule has 1 aromatic rings. The van der Waals surface area contributed by atoms with Gasteiger partial charge < -0.3 is 14.8 Å². The van der Waals surface area contributed by atoms with Crippen LogP contribution in [0.2, 0.25) is 0 Å². The molecule has 0 saturated carbocycles. The van der Waals surface area contributed by atoms with Crippen LogP contribution >= 0.6 is 0 Å². The lowest BCUT2D eigenvalue weighted by atomic mass is 9.73. The fraction of sp³-hybridized carbons (Fsp3) is 0.846. The van der Waals surface area contributed by atoms with Crippen LogP contribution in [0.25, 0.3) is 0 Å². The molecule has 2 fully saturated rings. The quantitative estimate of drug-likeness (QED) is 0.858. The van der Waals surface area contributed by atoms with Crippen LogP contribution in [0.15, 0.2) is 12.7 Å². The highest BCUT2D eigenvalue weighted by atomic mass is 15.2. The molecule has 3 heterocycles. The van der Waals surface area contributed by atoms with Gasteiger partial charge in [0, 0.05) is 19.6 Å². The normalized spacial score (nSPS) is 24.4. The monoisotopic (exact) mass is 249 g/mol. The number of hydrogen-bond acceptors (Lipinski definition) is 4. The molecule has 5 heteroatoms. The van der Waals surface area contributed by atoms with E-state index in [-0.39, 0.29) is 0 Å². The Balaban J connectivity index is 1.53. The van der Waals surface area contributed by atoms with Gasteiger partial charge in [0.1, 0.15) is 12.7 Å². The first-order valence-electron chi connectivity index (χ1n) is 7.12. The number of aromatic nitrogens is 3. The molecule has 0 amide bonds. The summed E-state index contributed by atoms with van der Waals surface area (Å²) in [6.45, 7) is 7.11. The molecule has 0 atom stereocenters. The molecule has 0 radical (unpaired) electrons. The van der Waals surface area contributed by atoms with E-state index < -0.39 is 0 Å². The van der Waals surface area contributed by atoms with E-state index in [0.29, 0.717) is 5.41 Å². The number of nitrogens with zero attached hydrogens (tertiary/aromatic N) is 4. The maximum Gasteiger partial charge on any atom is 0.119 e. The van der Waals surface area contributed by atoms with Gasteiger partial charge in [-0.1, -0.05) is 0 Å². The van der Waals surface area contributed by atoms with Gasteiger partial charge in [-0.05, 0) is 50.7 Å². The molecule has 18 heavy (non-hydrogen) atoms. The van der Waals surface area contributed by atoms with Crippen LogP contribution in [0.1, 0.15) is 25.7 Å². The third-order valence-electron chi connectivity index (χ3n) is 4.55. The van der Waals surface area contributed by atoms with Crippen molar-refractivity contribution in [3.63, 3.8) is 0 Å². The highest BCUT2D eigenvalue weighted by Gasteiger charge is 2.36. The van der Waals surface area contributed by atoms with Gasteiger partial charge >= 0.3 is 0 Å². The Bertz CT molecular complexity index is 350. The lowest BCUT2D eigenvalue weighted by Crippen LogP contribution is -2.49. The van der Waals surface area contributed by atoms with E-state index >= 15 is 0 Å². The van der Waals surface area contributed by atoms with Crippen molar-refractivity contribution in [1.82, 2.24) is 25.0 Å². The third-order valence-corrected chi connectivity index (χ3v) is 4.55. The molecule has 1 N–H and O–H groups in total. The van der Waals surface area contributed by atoms with Gasteiger partial charge in [-0.2, -0.15) is 0 Å². The van der Waals surface area contributed by atoms with Gasteiger partial charge in [-0.15, -0.1) is 10.2 Å². The average Bonchev–Trinajstić information content (AvgIpc) is 2.91. The minimum Gasteiger partial charge on any atom is -0.319 e. The molecule has 100 valence electrons. The number of likely N-dealkylation sites (tertiary alicyclic amines) is 1. The van der Waals surface area contributed by atoms with E-state index in [1.807, 2.05) is 12.7 Å². The Labute approximate surface area is 109 Å². The number of rotatable bonds is 3. The van der Waals surface area contributed by atoms with Crippen molar-refractivity contribution in [3.05, 3.63) is 12.7 Å². The highest BCUT2D eigenvalue weighted by Crippen LogP contribution is 2.37. The summed E-state index contributed by atoms with van der Waals surface area (Å²) in [5.74, 6) is 0. The minimum atomic E-state index is 0.608. The van der Waals surface area contributed by atoms with Crippen LogP contribution in [0.3, 0.4) is 0 Å². The van der Waals surface area contributed by atoms with Crippen molar-refractivity contribution in [1.29, 1.82) is 0 Å². The summed E-state index contributed by atoms with van der Waals surface area (Å²) in [5, 5.41) is 11.2. The van der Waals surface area contributed by atoms with Crippen molar-refractivity contribution < 1.29 is 0 Å². The Morgan fingerprint density at radius 3 is 2.61 bits per heavy atom. The summed E-state index contributed by atoms with van der Waals surface area (Å²) in [4.78, 5) is 2.63. The van der Waals surface area contributed by atoms with E-state index in [4.69, 9.17) is 0 Å². The molecule has 0 aliphatic carbocycles. The average molecular weight is 249 g/mol. The summed E-state index contributed by atoms with van der Waals surface area (Å²) in [5.41, 5.74) is 0.608. The number of hydrogen-bond donors (Lipinski definition) is 1. The van der Waals surface area contributed by atoms with E-state index in [9.17, 15) is 0 Å². The summed E-state index contributed by atoms with van der Waals surface area (Å²) < 4.78 is 2.07. The van der Waals surface area contributed by atoms with E-state index in [1.165, 1.54) is 51.9 Å². The van der Waals surface area contributed by atoms with Gasteiger partial charge in [0.25, 0.3) is 0 Å². The van der Waals surface area contributed by atoms with Crippen LogP contribution in [-0.2, 0) is 6.54 Å². The van der Waals surface area contributed by atoms with Crippen LogP contribution < -0.4 is 5.32 Å². The first kappa shape index (κ1) is 12.1. The second-order valence-corrected chi connectivity index (χ2v) is 5.83. The Morgan fingerprint density at radius 1 is 1.06 bits per heavy atom. The zero-order chi connectivity index (χ0) is 12.3. The number of piperidine rings is 2. The topological polar surface area (TPSA) is 46.0 Å². The molecule has 2 aliphatic heterocycles. The van der Waals surface area contributed by atoms with E-state index in [0.717, 1.165) is 13.1 Å². The molecule has 2 saturated heterocycles. The Morgan fingerprint density at radius 2 is 1.83 bits per heavy atom. The standard InChI is InChI=1S/C13H23N5/c1-2-13(3-5-14-6-4-13)10-17(7-1)8-9-18-11-15-16-12-18/h11-12,14H,1-10H2. The van der Waals surface area contributed by atoms with E-state index in [2.05, 4.69) is 25.0 Å². The fourth-order valence-electron chi connectivity index (χ4n) is 3.46. The molecule has 1 aromatic heterocycles. The SMILES string of the molecule is c1nncn1CCN1CCCC2(CCNCC2)C1. The van der Waals surface area contributed by atoms with Crippen LogP contribution in [-0.4, -0.2) is 52.4 Å². The smallest absolute Gasteiger partial charge is 0.119 e. The first-order chi connectivity index (χ1) is 8.86. The predicted octanol–water partition coefficient (Wildman–Crippen LogP) is 0.744. The summed E-state index contributed by atoms with van der Waals surface area (Å²) >= 11 is 0. The molecule has 0 aromatic carbocycles. The molecular formula is C13H23N5. The molecule has 0 unspecified atom stereocenters. The second kappa shape index (κ2) is 5.36.